The Kier molecular flexibility index (Phi) is 3.23. The highest BCUT2D eigenvalue weighted by Crippen LogP contribution is 2.48. The van der Waals surface area contributed by atoms with Crippen LogP contribution in [0.4, 0.5) is 0 Å². The summed E-state index contributed by atoms with van der Waals surface area (Å²) < 4.78 is 0. The predicted octanol–water partition coefficient (Wildman–Crippen LogP) is 4.95. The van der Waals surface area contributed by atoms with Gasteiger partial charge in [0.15, 0.2) is 5.75 Å². The van der Waals surface area contributed by atoms with Gasteiger partial charge >= 0.3 is 0 Å². The highest BCUT2D eigenvalue weighted by Gasteiger charge is 2.45. The molecule has 0 bridgehead atoms. The molecule has 0 saturated heterocycles. The Morgan fingerprint density at radius 2 is 1.82 bits per heavy atom. The first-order chi connectivity index (χ1) is 10.7. The molecule has 22 heavy (non-hydrogen) atoms. The summed E-state index contributed by atoms with van der Waals surface area (Å²) in [4.78, 5) is 4.85. The van der Waals surface area contributed by atoms with Gasteiger partial charge in [0.05, 0.1) is 5.71 Å². The second-order valence-corrected chi connectivity index (χ2v) is 6.68. The molecule has 2 aliphatic rings. The van der Waals surface area contributed by atoms with Crippen LogP contribution in [0.25, 0.3) is 0 Å². The molecule has 1 aliphatic carbocycles. The summed E-state index contributed by atoms with van der Waals surface area (Å²) in [7, 11) is 0. The number of rotatable bonds is 2. The molecule has 0 N–H and O–H groups in total. The van der Waals surface area contributed by atoms with Gasteiger partial charge in [-0.05, 0) is 54.7 Å². The fourth-order valence-corrected chi connectivity index (χ4v) is 3.86. The van der Waals surface area contributed by atoms with Crippen LogP contribution >= 0.6 is 11.6 Å². The fraction of sp³-hybridized carbons (Fsp3) is 0.316. The third-order valence-corrected chi connectivity index (χ3v) is 5.30. The minimum atomic E-state index is -0.0342. The molecule has 111 valence electrons. The van der Waals surface area contributed by atoms with Crippen LogP contribution in [0.3, 0.4) is 0 Å². The van der Waals surface area contributed by atoms with E-state index in [2.05, 4.69) is 12.1 Å². The van der Waals surface area contributed by atoms with Gasteiger partial charge in [-0.2, -0.15) is 0 Å². The van der Waals surface area contributed by atoms with E-state index in [0.29, 0.717) is 0 Å². The Hall–Kier alpha value is -1.80. The second-order valence-electron chi connectivity index (χ2n) is 6.24. The highest BCUT2D eigenvalue weighted by molar-refractivity contribution is 6.30. The molecule has 1 radical (unpaired) electrons. The third-order valence-electron chi connectivity index (χ3n) is 5.04. The van der Waals surface area contributed by atoms with E-state index in [1.54, 1.807) is 12.1 Å². The summed E-state index contributed by atoms with van der Waals surface area (Å²) in [6.07, 6.45) is 4.32. The first kappa shape index (κ1) is 13.8. The summed E-state index contributed by atoms with van der Waals surface area (Å²) >= 11 is 6.04. The van der Waals surface area contributed by atoms with Crippen molar-refractivity contribution in [2.24, 2.45) is 4.99 Å². The van der Waals surface area contributed by atoms with Crippen molar-refractivity contribution in [3.05, 3.63) is 64.2 Å². The average molecular weight is 311 g/mol. The SMILES string of the molecule is [O]c1ccc2c(c1)C(C1(c3ccc(Cl)cc3)CCC1)=NCC2. The van der Waals surface area contributed by atoms with Crippen LogP contribution in [0.5, 0.6) is 5.75 Å². The zero-order valence-electron chi connectivity index (χ0n) is 12.3. The van der Waals surface area contributed by atoms with Crippen LogP contribution in [-0.4, -0.2) is 12.3 Å². The summed E-state index contributed by atoms with van der Waals surface area (Å²) in [5.41, 5.74) is 4.66. The molecular weight excluding hydrogens is 294 g/mol. The minimum Gasteiger partial charge on any atom is -0.290 e. The molecule has 2 aromatic carbocycles. The van der Waals surface area contributed by atoms with Crippen molar-refractivity contribution in [2.45, 2.75) is 31.1 Å². The molecule has 0 atom stereocenters. The maximum atomic E-state index is 11.8. The largest absolute Gasteiger partial charge is 0.290 e. The summed E-state index contributed by atoms with van der Waals surface area (Å²) in [6.45, 7) is 0.815. The number of aliphatic imine (C=N–C) groups is 1. The van der Waals surface area contributed by atoms with Gasteiger partial charge in [0.2, 0.25) is 0 Å². The van der Waals surface area contributed by atoms with Crippen molar-refractivity contribution in [1.82, 2.24) is 0 Å². The van der Waals surface area contributed by atoms with Crippen molar-refractivity contribution >= 4 is 17.3 Å². The van der Waals surface area contributed by atoms with E-state index >= 15 is 0 Å². The topological polar surface area (TPSA) is 32.3 Å². The maximum absolute atomic E-state index is 11.8. The Bertz CT molecular complexity index is 745. The quantitative estimate of drug-likeness (QED) is 0.751. The predicted molar refractivity (Wildman–Crippen MR) is 88.7 cm³/mol. The zero-order chi connectivity index (χ0) is 15.2. The molecule has 2 nitrogen and oxygen atoms in total. The lowest BCUT2D eigenvalue weighted by molar-refractivity contribution is 0.338. The van der Waals surface area contributed by atoms with Crippen molar-refractivity contribution in [2.75, 3.05) is 6.54 Å². The highest BCUT2D eigenvalue weighted by atomic mass is 35.5. The standard InChI is InChI=1S/C19H17ClNO/c20-15-5-3-14(4-6-15)19(9-1-10-19)18-17-12-16(22)7-2-13(17)8-11-21-18/h2-7,12H,1,8-11H2. The van der Waals surface area contributed by atoms with E-state index in [0.717, 1.165) is 42.1 Å². The number of nitrogens with zero attached hydrogens (tertiary/aromatic N) is 1. The van der Waals surface area contributed by atoms with Gasteiger partial charge in [-0.3, -0.25) is 10.1 Å². The first-order valence-electron chi connectivity index (χ1n) is 7.80. The molecule has 3 heteroatoms. The Morgan fingerprint density at radius 1 is 1.05 bits per heavy atom. The van der Waals surface area contributed by atoms with Crippen LogP contribution in [0, 0.1) is 0 Å². The molecule has 2 aromatic rings. The fourth-order valence-electron chi connectivity index (χ4n) is 3.74. The number of halogens is 1. The minimum absolute atomic E-state index is 0.0342. The summed E-state index contributed by atoms with van der Waals surface area (Å²) in [5.74, 6) is 0.0685. The smallest absolute Gasteiger partial charge is 0.179 e. The van der Waals surface area contributed by atoms with Crippen LogP contribution < -0.4 is 0 Å². The monoisotopic (exact) mass is 310 g/mol. The third kappa shape index (κ3) is 2.05. The van der Waals surface area contributed by atoms with E-state index in [1.807, 2.05) is 18.2 Å². The Balaban J connectivity index is 1.84. The molecule has 4 rings (SSSR count). The van der Waals surface area contributed by atoms with Gasteiger partial charge < -0.3 is 0 Å². The summed E-state index contributed by atoms with van der Waals surface area (Å²) in [5, 5.41) is 12.6. The van der Waals surface area contributed by atoms with Crippen molar-refractivity contribution in [3.8, 4) is 5.75 Å². The van der Waals surface area contributed by atoms with Crippen LogP contribution in [0.2, 0.25) is 5.02 Å². The summed E-state index contributed by atoms with van der Waals surface area (Å²) in [6, 6.07) is 13.5. The van der Waals surface area contributed by atoms with Crippen LogP contribution in [0.15, 0.2) is 47.5 Å². The number of hydrogen-bond donors (Lipinski definition) is 0. The maximum Gasteiger partial charge on any atom is 0.179 e. The van der Waals surface area contributed by atoms with Gasteiger partial charge in [0.1, 0.15) is 0 Å². The van der Waals surface area contributed by atoms with Gasteiger partial charge in [0, 0.05) is 22.5 Å². The molecule has 0 unspecified atom stereocenters. The molecule has 0 aromatic heterocycles. The Labute approximate surface area is 135 Å². The van der Waals surface area contributed by atoms with Crippen molar-refractivity contribution < 1.29 is 5.11 Å². The van der Waals surface area contributed by atoms with E-state index < -0.39 is 0 Å². The number of benzene rings is 2. The Morgan fingerprint density at radius 3 is 2.50 bits per heavy atom. The lowest BCUT2D eigenvalue weighted by Gasteiger charge is -2.45. The van der Waals surface area contributed by atoms with Crippen LogP contribution in [0.1, 0.15) is 36.0 Å². The normalized spacial score (nSPS) is 19.0. The molecule has 1 fully saturated rings. The van der Waals surface area contributed by atoms with Gasteiger partial charge in [-0.25, -0.2) is 0 Å². The number of hydrogen-bond acceptors (Lipinski definition) is 1. The van der Waals surface area contributed by atoms with Crippen molar-refractivity contribution in [3.63, 3.8) is 0 Å². The molecule has 0 amide bonds. The molecule has 0 spiro atoms. The lowest BCUT2D eigenvalue weighted by atomic mass is 9.59. The van der Waals surface area contributed by atoms with E-state index in [-0.39, 0.29) is 11.2 Å². The van der Waals surface area contributed by atoms with E-state index in [4.69, 9.17) is 16.6 Å². The molecular formula is C19H17ClNO. The second kappa shape index (κ2) is 5.13. The molecule has 1 saturated carbocycles. The van der Waals surface area contributed by atoms with E-state index in [9.17, 15) is 5.11 Å². The van der Waals surface area contributed by atoms with Crippen molar-refractivity contribution in [1.29, 1.82) is 0 Å². The van der Waals surface area contributed by atoms with Gasteiger partial charge in [-0.1, -0.05) is 36.2 Å². The van der Waals surface area contributed by atoms with Gasteiger partial charge in [-0.15, -0.1) is 0 Å². The van der Waals surface area contributed by atoms with Gasteiger partial charge in [0.25, 0.3) is 0 Å². The lowest BCUT2D eigenvalue weighted by Crippen LogP contribution is -2.44. The van der Waals surface area contributed by atoms with E-state index in [1.165, 1.54) is 17.5 Å². The molecule has 1 heterocycles. The first-order valence-corrected chi connectivity index (χ1v) is 8.18. The zero-order valence-corrected chi connectivity index (χ0v) is 13.1. The van der Waals surface area contributed by atoms with Crippen LogP contribution in [-0.2, 0) is 16.9 Å². The molecule has 1 aliphatic heterocycles. The average Bonchev–Trinajstić information content (AvgIpc) is 2.48. The number of fused-ring (bicyclic) bond motifs is 1.